The number of hydrogen-bond acceptors (Lipinski definition) is 4. The molecule has 2 aromatic rings. The van der Waals surface area contributed by atoms with Crippen molar-refractivity contribution in [3.8, 4) is 0 Å². The zero-order valence-electron chi connectivity index (χ0n) is 20.1. The number of imidazole rings is 1. The number of anilines is 1. The van der Waals surface area contributed by atoms with Crippen molar-refractivity contribution in [2.24, 2.45) is 11.7 Å². The highest BCUT2D eigenvalue weighted by Crippen LogP contribution is 2.37. The minimum Gasteiger partial charge on any atom is -0.320 e. The summed E-state index contributed by atoms with van der Waals surface area (Å²) in [5.74, 6) is 0.643. The fourth-order valence-corrected chi connectivity index (χ4v) is 5.68. The van der Waals surface area contributed by atoms with Gasteiger partial charge in [-0.05, 0) is 50.7 Å². The van der Waals surface area contributed by atoms with E-state index >= 15 is 0 Å². The second kappa shape index (κ2) is 9.92. The van der Waals surface area contributed by atoms with Crippen molar-refractivity contribution in [1.29, 1.82) is 0 Å². The van der Waals surface area contributed by atoms with Crippen LogP contribution in [0.5, 0.6) is 0 Å². The van der Waals surface area contributed by atoms with Crippen molar-refractivity contribution in [2.45, 2.75) is 96.2 Å². The van der Waals surface area contributed by atoms with Crippen molar-refractivity contribution < 1.29 is 4.79 Å². The maximum atomic E-state index is 12.9. The summed E-state index contributed by atoms with van der Waals surface area (Å²) in [5.41, 5.74) is 8.59. The molecule has 1 saturated carbocycles. The first-order valence-corrected chi connectivity index (χ1v) is 12.7. The number of nitrogens with one attached hydrogen (secondary N) is 1. The molecular weight excluding hydrogens is 398 g/mol. The lowest BCUT2D eigenvalue weighted by molar-refractivity contribution is -0.118. The Kier molecular flexibility index (Phi) is 7.21. The van der Waals surface area contributed by atoms with Crippen molar-refractivity contribution in [3.05, 3.63) is 24.3 Å². The number of nitrogens with zero attached hydrogens (tertiary/aromatic N) is 3. The first kappa shape index (κ1) is 23.2. The van der Waals surface area contributed by atoms with Crippen LogP contribution in [-0.2, 0) is 4.79 Å². The Labute approximate surface area is 192 Å². The lowest BCUT2D eigenvalue weighted by Gasteiger charge is -2.45. The van der Waals surface area contributed by atoms with Gasteiger partial charge in [-0.2, -0.15) is 0 Å². The molecule has 3 N–H and O–H groups in total. The predicted octanol–water partition coefficient (Wildman–Crippen LogP) is 5.10. The van der Waals surface area contributed by atoms with Gasteiger partial charge in [0.15, 0.2) is 0 Å². The molecule has 1 aromatic carbocycles. The lowest BCUT2D eigenvalue weighted by Crippen LogP contribution is -2.50. The van der Waals surface area contributed by atoms with E-state index in [1.165, 1.54) is 38.5 Å². The molecule has 2 unspecified atom stereocenters. The molecule has 32 heavy (non-hydrogen) atoms. The Morgan fingerprint density at radius 3 is 2.50 bits per heavy atom. The quantitative estimate of drug-likeness (QED) is 0.614. The average molecular weight is 440 g/mol. The number of amides is 1. The minimum atomic E-state index is -0.523. The van der Waals surface area contributed by atoms with Crippen LogP contribution in [0.2, 0.25) is 0 Å². The lowest BCUT2D eigenvalue weighted by atomic mass is 9.87. The van der Waals surface area contributed by atoms with Gasteiger partial charge in [-0.3, -0.25) is 15.0 Å². The van der Waals surface area contributed by atoms with Gasteiger partial charge in [0.1, 0.15) is 0 Å². The van der Waals surface area contributed by atoms with Crippen LogP contribution in [0.1, 0.15) is 84.6 Å². The smallest absolute Gasteiger partial charge is 0.243 e. The standard InChI is InChI=1S/C26H41N5O/c1-4-19(2)23(27)24(32)29-25-28-21-11-7-8-12-22(21)31(25)20-13-17-30(18-14-20)26(3)15-9-5-6-10-16-26/h7-8,11-12,19-20,23H,4-6,9-10,13-18,27H2,1-3H3,(H,28,29,32). The van der Waals surface area contributed by atoms with Crippen molar-refractivity contribution in [2.75, 3.05) is 18.4 Å². The zero-order chi connectivity index (χ0) is 22.7. The Hall–Kier alpha value is -1.92. The van der Waals surface area contributed by atoms with Gasteiger partial charge in [0, 0.05) is 24.7 Å². The van der Waals surface area contributed by atoms with Crippen LogP contribution in [0.25, 0.3) is 11.0 Å². The molecule has 0 spiro atoms. The fraction of sp³-hybridized carbons (Fsp3) is 0.692. The molecule has 2 aliphatic rings. The maximum Gasteiger partial charge on any atom is 0.243 e. The zero-order valence-corrected chi connectivity index (χ0v) is 20.1. The third-order valence-electron chi connectivity index (χ3n) is 8.16. The number of carbonyl (C=O) groups excluding carboxylic acids is 1. The fourth-order valence-electron chi connectivity index (χ4n) is 5.68. The second-order valence-electron chi connectivity index (χ2n) is 10.3. The number of rotatable bonds is 6. The van der Waals surface area contributed by atoms with Gasteiger partial charge in [-0.15, -0.1) is 0 Å². The average Bonchev–Trinajstić information content (AvgIpc) is 3.02. The number of nitrogens with two attached hydrogens (primary N) is 1. The summed E-state index contributed by atoms with van der Waals surface area (Å²) in [5, 5.41) is 3.08. The van der Waals surface area contributed by atoms with E-state index in [1.54, 1.807) is 0 Å². The van der Waals surface area contributed by atoms with Gasteiger partial charge in [0.25, 0.3) is 0 Å². The highest BCUT2D eigenvalue weighted by atomic mass is 16.2. The number of benzene rings is 1. The van der Waals surface area contributed by atoms with Crippen LogP contribution >= 0.6 is 0 Å². The Morgan fingerprint density at radius 2 is 1.84 bits per heavy atom. The number of hydrogen-bond donors (Lipinski definition) is 2. The molecule has 1 aliphatic heterocycles. The molecule has 1 saturated heterocycles. The van der Waals surface area contributed by atoms with Gasteiger partial charge in [0.2, 0.25) is 11.9 Å². The Balaban J connectivity index is 1.54. The van der Waals surface area contributed by atoms with E-state index in [9.17, 15) is 4.79 Å². The van der Waals surface area contributed by atoms with Crippen molar-refractivity contribution >= 4 is 22.9 Å². The van der Waals surface area contributed by atoms with Crippen LogP contribution in [0, 0.1) is 5.92 Å². The predicted molar refractivity (Wildman–Crippen MR) is 132 cm³/mol. The van der Waals surface area contributed by atoms with Crippen LogP contribution in [0.3, 0.4) is 0 Å². The Bertz CT molecular complexity index is 906. The van der Waals surface area contributed by atoms with Gasteiger partial charge in [0.05, 0.1) is 17.1 Å². The minimum absolute atomic E-state index is 0.136. The molecule has 1 amide bonds. The third kappa shape index (κ3) is 4.72. The van der Waals surface area contributed by atoms with Crippen LogP contribution in [0.15, 0.2) is 24.3 Å². The molecular formula is C26H41N5O. The summed E-state index contributed by atoms with van der Waals surface area (Å²) in [6, 6.07) is 8.02. The van der Waals surface area contributed by atoms with E-state index < -0.39 is 6.04 Å². The largest absolute Gasteiger partial charge is 0.320 e. The van der Waals surface area contributed by atoms with E-state index in [2.05, 4.69) is 40.8 Å². The third-order valence-corrected chi connectivity index (χ3v) is 8.16. The monoisotopic (exact) mass is 439 g/mol. The summed E-state index contributed by atoms with van der Waals surface area (Å²) in [6.45, 7) is 8.78. The maximum absolute atomic E-state index is 12.9. The number of fused-ring (bicyclic) bond motifs is 1. The molecule has 0 radical (unpaired) electrons. The molecule has 6 heteroatoms. The van der Waals surface area contributed by atoms with E-state index in [-0.39, 0.29) is 11.8 Å². The Morgan fingerprint density at radius 1 is 1.19 bits per heavy atom. The van der Waals surface area contributed by atoms with Crippen LogP contribution in [-0.4, -0.2) is 45.0 Å². The summed E-state index contributed by atoms with van der Waals surface area (Å²) >= 11 is 0. The van der Waals surface area contributed by atoms with E-state index in [1.807, 2.05) is 19.1 Å². The number of piperidine rings is 1. The number of carbonyl (C=O) groups is 1. The number of aromatic nitrogens is 2. The summed E-state index contributed by atoms with van der Waals surface area (Å²) in [4.78, 5) is 20.4. The highest BCUT2D eigenvalue weighted by Gasteiger charge is 2.36. The van der Waals surface area contributed by atoms with Gasteiger partial charge < -0.3 is 10.3 Å². The molecule has 0 bridgehead atoms. The normalized spacial score (nSPS) is 22.4. The SMILES string of the molecule is CCC(C)C(N)C(=O)Nc1nc2ccccc2n1C1CCN(C2(C)CCCCCC2)CC1. The summed E-state index contributed by atoms with van der Waals surface area (Å²) < 4.78 is 2.27. The van der Waals surface area contributed by atoms with Gasteiger partial charge in [-0.25, -0.2) is 4.98 Å². The topological polar surface area (TPSA) is 76.2 Å². The molecule has 1 aromatic heterocycles. The van der Waals surface area contributed by atoms with E-state index in [0.717, 1.165) is 43.4 Å². The first-order chi connectivity index (χ1) is 15.4. The molecule has 6 nitrogen and oxygen atoms in total. The molecule has 1 aliphatic carbocycles. The van der Waals surface area contributed by atoms with Gasteiger partial charge in [-0.1, -0.05) is 58.1 Å². The van der Waals surface area contributed by atoms with Crippen molar-refractivity contribution in [3.63, 3.8) is 0 Å². The van der Waals surface area contributed by atoms with Crippen molar-refractivity contribution in [1.82, 2.24) is 14.5 Å². The molecule has 2 atom stereocenters. The highest BCUT2D eigenvalue weighted by molar-refractivity contribution is 5.95. The number of para-hydroxylation sites is 2. The van der Waals surface area contributed by atoms with Gasteiger partial charge >= 0.3 is 0 Å². The molecule has 4 rings (SSSR count). The summed E-state index contributed by atoms with van der Waals surface area (Å²) in [6.07, 6.45) is 11.2. The van der Waals surface area contributed by atoms with E-state index in [0.29, 0.717) is 17.5 Å². The summed E-state index contributed by atoms with van der Waals surface area (Å²) in [7, 11) is 0. The molecule has 2 fully saturated rings. The first-order valence-electron chi connectivity index (χ1n) is 12.7. The van der Waals surface area contributed by atoms with E-state index in [4.69, 9.17) is 10.7 Å². The number of likely N-dealkylation sites (tertiary alicyclic amines) is 1. The van der Waals surface area contributed by atoms with Crippen LogP contribution < -0.4 is 11.1 Å². The second-order valence-corrected chi connectivity index (χ2v) is 10.3. The molecule has 176 valence electrons. The van der Waals surface area contributed by atoms with Crippen LogP contribution in [0.4, 0.5) is 5.95 Å². The molecule has 2 heterocycles.